The molecule has 3 heteroatoms. The third-order valence-electron chi connectivity index (χ3n) is 6.48. The van der Waals surface area contributed by atoms with E-state index in [0.29, 0.717) is 24.2 Å². The number of rotatable bonds is 5. The van der Waals surface area contributed by atoms with Crippen molar-refractivity contribution in [2.45, 2.75) is 103 Å². The predicted molar refractivity (Wildman–Crippen MR) is 97.9 cm³/mol. The Morgan fingerprint density at radius 1 is 0.708 bits per heavy atom. The van der Waals surface area contributed by atoms with E-state index in [1.807, 2.05) is 0 Å². The molecule has 0 amide bonds. The van der Waals surface area contributed by atoms with Gasteiger partial charge >= 0.3 is 5.97 Å². The van der Waals surface area contributed by atoms with Crippen LogP contribution in [-0.4, -0.2) is 11.7 Å². The molecule has 3 saturated carbocycles. The van der Waals surface area contributed by atoms with Crippen molar-refractivity contribution < 1.29 is 9.63 Å². The van der Waals surface area contributed by atoms with Crippen LogP contribution >= 0.6 is 0 Å². The molecule has 0 heterocycles. The molecule has 3 aliphatic carbocycles. The van der Waals surface area contributed by atoms with Crippen LogP contribution in [0.4, 0.5) is 0 Å². The van der Waals surface area contributed by atoms with E-state index in [-0.39, 0.29) is 5.97 Å². The van der Waals surface area contributed by atoms with Gasteiger partial charge in [-0.15, -0.1) is 0 Å². The number of nitrogens with zero attached hydrogens (tertiary/aromatic N) is 1. The minimum Gasteiger partial charge on any atom is -0.318 e. The summed E-state index contributed by atoms with van der Waals surface area (Å²) in [6, 6.07) is 0. The normalized spacial score (nSPS) is 24.5. The van der Waals surface area contributed by atoms with Crippen molar-refractivity contribution >= 4 is 11.7 Å². The van der Waals surface area contributed by atoms with Gasteiger partial charge in [-0.2, -0.15) is 0 Å². The summed E-state index contributed by atoms with van der Waals surface area (Å²) >= 11 is 0. The molecule has 3 aliphatic rings. The lowest BCUT2D eigenvalue weighted by Gasteiger charge is -2.30. The zero-order chi connectivity index (χ0) is 16.6. The second-order valence-electron chi connectivity index (χ2n) is 8.36. The molecule has 24 heavy (non-hydrogen) atoms. The summed E-state index contributed by atoms with van der Waals surface area (Å²) in [5, 5.41) is 4.50. The van der Waals surface area contributed by atoms with Gasteiger partial charge in [0.15, 0.2) is 0 Å². The predicted octanol–water partition coefficient (Wildman–Crippen LogP) is 6.02. The average molecular weight is 334 g/mol. The summed E-state index contributed by atoms with van der Waals surface area (Å²) in [6.07, 6.45) is 19.8. The molecule has 0 unspecified atom stereocenters. The summed E-state index contributed by atoms with van der Waals surface area (Å²) in [4.78, 5) is 17.7. The average Bonchev–Trinajstić information content (AvgIpc) is 2.64. The first-order valence-electron chi connectivity index (χ1n) is 10.6. The first kappa shape index (κ1) is 17.9. The van der Waals surface area contributed by atoms with Gasteiger partial charge in [0, 0.05) is 11.8 Å². The number of carbonyl (C=O) groups is 1. The monoisotopic (exact) mass is 333 g/mol. The summed E-state index contributed by atoms with van der Waals surface area (Å²) in [5.41, 5.74) is 1.24. The van der Waals surface area contributed by atoms with Gasteiger partial charge in [-0.05, 0) is 44.4 Å². The quantitative estimate of drug-likeness (QED) is 0.351. The minimum absolute atomic E-state index is 0.0916. The molecule has 0 spiro atoms. The van der Waals surface area contributed by atoms with E-state index in [9.17, 15) is 4.79 Å². The highest BCUT2D eigenvalue weighted by molar-refractivity contribution is 5.89. The zero-order valence-electron chi connectivity index (χ0n) is 15.3. The molecule has 0 aliphatic heterocycles. The maximum atomic E-state index is 12.3. The van der Waals surface area contributed by atoms with E-state index >= 15 is 0 Å². The SMILES string of the molecule is O=C(CC1CCCCC1)ON=C(C1CCCCC1)C1CCCCC1. The van der Waals surface area contributed by atoms with Crippen LogP contribution in [0.15, 0.2) is 5.16 Å². The van der Waals surface area contributed by atoms with Crippen molar-refractivity contribution in [3.63, 3.8) is 0 Å². The molecule has 3 rings (SSSR count). The molecule has 0 aromatic heterocycles. The fourth-order valence-electron chi connectivity index (χ4n) is 5.05. The van der Waals surface area contributed by atoms with Crippen LogP contribution in [0.25, 0.3) is 0 Å². The van der Waals surface area contributed by atoms with Gasteiger partial charge in [-0.3, -0.25) is 0 Å². The third-order valence-corrected chi connectivity index (χ3v) is 6.48. The lowest BCUT2D eigenvalue weighted by molar-refractivity contribution is -0.145. The first-order chi connectivity index (χ1) is 11.8. The minimum atomic E-state index is -0.0916. The largest absolute Gasteiger partial charge is 0.335 e. The van der Waals surface area contributed by atoms with E-state index in [1.54, 1.807) is 0 Å². The standard InChI is InChI=1S/C21H35NO2/c23-20(16-17-10-4-1-5-11-17)24-22-21(18-12-6-2-7-13-18)19-14-8-3-9-15-19/h17-19H,1-16H2. The molecule has 3 nitrogen and oxygen atoms in total. The van der Waals surface area contributed by atoms with E-state index in [0.717, 1.165) is 0 Å². The highest BCUT2D eigenvalue weighted by Crippen LogP contribution is 2.34. The van der Waals surface area contributed by atoms with Gasteiger partial charge in [-0.1, -0.05) is 62.9 Å². The number of carbonyl (C=O) groups excluding carboxylic acids is 1. The van der Waals surface area contributed by atoms with Crippen LogP contribution in [0.3, 0.4) is 0 Å². The molecule has 0 bridgehead atoms. The van der Waals surface area contributed by atoms with Crippen LogP contribution in [0.1, 0.15) is 103 Å². The number of hydrogen-bond donors (Lipinski definition) is 0. The Balaban J connectivity index is 1.58. The van der Waals surface area contributed by atoms with Crippen molar-refractivity contribution in [1.82, 2.24) is 0 Å². The summed E-state index contributed by atoms with van der Waals surface area (Å²) < 4.78 is 0. The van der Waals surface area contributed by atoms with Gasteiger partial charge in [0.1, 0.15) is 0 Å². The maximum Gasteiger partial charge on any atom is 0.335 e. The molecular formula is C21H35NO2. The Kier molecular flexibility index (Phi) is 7.16. The fourth-order valence-corrected chi connectivity index (χ4v) is 5.05. The van der Waals surface area contributed by atoms with Crippen LogP contribution < -0.4 is 0 Å². The summed E-state index contributed by atoms with van der Waals surface area (Å²) in [5.74, 6) is 1.59. The Hall–Kier alpha value is -0.860. The third kappa shape index (κ3) is 5.32. The number of oxime groups is 1. The van der Waals surface area contributed by atoms with E-state index in [2.05, 4.69) is 5.16 Å². The molecule has 0 N–H and O–H groups in total. The smallest absolute Gasteiger partial charge is 0.318 e. The van der Waals surface area contributed by atoms with Crippen LogP contribution in [0, 0.1) is 17.8 Å². The second kappa shape index (κ2) is 9.58. The molecule has 0 atom stereocenters. The van der Waals surface area contributed by atoms with Gasteiger partial charge < -0.3 is 4.84 Å². The molecule has 136 valence electrons. The number of hydrogen-bond acceptors (Lipinski definition) is 3. The molecule has 0 radical (unpaired) electrons. The van der Waals surface area contributed by atoms with Crippen molar-refractivity contribution in [1.29, 1.82) is 0 Å². The van der Waals surface area contributed by atoms with E-state index in [4.69, 9.17) is 4.84 Å². The Morgan fingerprint density at radius 2 is 1.17 bits per heavy atom. The zero-order valence-corrected chi connectivity index (χ0v) is 15.3. The first-order valence-corrected chi connectivity index (χ1v) is 10.6. The van der Waals surface area contributed by atoms with Gasteiger partial charge in [0.2, 0.25) is 0 Å². The molecule has 3 fully saturated rings. The Morgan fingerprint density at radius 3 is 1.67 bits per heavy atom. The van der Waals surface area contributed by atoms with Crippen LogP contribution in [0.2, 0.25) is 0 Å². The summed E-state index contributed by atoms with van der Waals surface area (Å²) in [6.45, 7) is 0. The Bertz CT molecular complexity index is 394. The lowest BCUT2D eigenvalue weighted by atomic mass is 9.76. The summed E-state index contributed by atoms with van der Waals surface area (Å²) in [7, 11) is 0. The highest BCUT2D eigenvalue weighted by atomic mass is 16.7. The van der Waals surface area contributed by atoms with Crippen LogP contribution in [0.5, 0.6) is 0 Å². The van der Waals surface area contributed by atoms with E-state index < -0.39 is 0 Å². The van der Waals surface area contributed by atoms with Crippen molar-refractivity contribution in [3.05, 3.63) is 0 Å². The molecule has 0 aromatic carbocycles. The molecule has 0 aromatic rings. The van der Waals surface area contributed by atoms with Crippen LogP contribution in [-0.2, 0) is 9.63 Å². The van der Waals surface area contributed by atoms with Crippen molar-refractivity contribution in [2.75, 3.05) is 0 Å². The van der Waals surface area contributed by atoms with Crippen molar-refractivity contribution in [2.24, 2.45) is 22.9 Å². The van der Waals surface area contributed by atoms with Crippen molar-refractivity contribution in [3.8, 4) is 0 Å². The topological polar surface area (TPSA) is 38.7 Å². The van der Waals surface area contributed by atoms with Gasteiger partial charge in [0.25, 0.3) is 0 Å². The lowest BCUT2D eigenvalue weighted by Crippen LogP contribution is -2.28. The van der Waals surface area contributed by atoms with E-state index in [1.165, 1.54) is 102 Å². The van der Waals surface area contributed by atoms with Gasteiger partial charge in [0.05, 0.1) is 12.1 Å². The highest BCUT2D eigenvalue weighted by Gasteiger charge is 2.28. The van der Waals surface area contributed by atoms with Gasteiger partial charge in [-0.25, -0.2) is 4.79 Å². The molecule has 0 saturated heterocycles. The Labute approximate surface area is 147 Å². The second-order valence-corrected chi connectivity index (χ2v) is 8.36. The molecular weight excluding hydrogens is 298 g/mol. The maximum absolute atomic E-state index is 12.3. The fraction of sp³-hybridized carbons (Fsp3) is 0.905.